The third kappa shape index (κ3) is 10.5. The van der Waals surface area contributed by atoms with Crippen LogP contribution in [-0.2, 0) is 6.54 Å². The van der Waals surface area contributed by atoms with Crippen LogP contribution < -0.4 is 9.64 Å². The van der Waals surface area contributed by atoms with Crippen molar-refractivity contribution in [3.05, 3.63) is 29.6 Å². The summed E-state index contributed by atoms with van der Waals surface area (Å²) in [5.74, 6) is -1.81. The molecule has 5 rings (SSSR count). The van der Waals surface area contributed by atoms with Crippen LogP contribution in [0.3, 0.4) is 0 Å². The molecule has 2 aromatic heterocycles. The van der Waals surface area contributed by atoms with E-state index >= 15 is 0 Å². The van der Waals surface area contributed by atoms with Crippen LogP contribution in [0.25, 0.3) is 0 Å². The molecule has 0 aromatic carbocycles. The molecule has 0 unspecified atom stereocenters. The third-order valence-corrected chi connectivity index (χ3v) is 7.67. The summed E-state index contributed by atoms with van der Waals surface area (Å²) < 4.78 is 36.9. The van der Waals surface area contributed by atoms with Gasteiger partial charge in [0.15, 0.2) is 5.69 Å². The number of hydrogen-bond donors (Lipinski definition) is 1. The number of aromatic nitrogens is 3. The molecule has 9 nitrogen and oxygen atoms in total. The first-order valence-corrected chi connectivity index (χ1v) is 15.3. The standard InChI is InChI=1S/C17H31N3O.C13H14F2N2O3/c1-3-4-5-6-7-8-9-10-13-20(16-11-12-16)14-17-19-18-15(2)21-17;14-13(15)6-17(7-13)10-4-3-9(12(18)19)16-11(10)20-5-8-1-2-8/h16H,3-14H2,1-2H3;3-4,8H,1-2,5-7H2,(H,18,19). The summed E-state index contributed by atoms with van der Waals surface area (Å²) in [4.78, 5) is 18.8. The molecule has 3 fully saturated rings. The Kier molecular flexibility index (Phi) is 11.3. The minimum Gasteiger partial charge on any atom is -0.477 e. The van der Waals surface area contributed by atoms with Gasteiger partial charge in [-0.25, -0.2) is 18.6 Å². The van der Waals surface area contributed by atoms with Crippen molar-refractivity contribution in [1.82, 2.24) is 20.1 Å². The number of nitrogens with zero attached hydrogens (tertiary/aromatic N) is 5. The van der Waals surface area contributed by atoms with Crippen molar-refractivity contribution < 1.29 is 27.8 Å². The SMILES string of the molecule is CCCCCCCCCCN(Cc1nnc(C)o1)C1CC1.O=C(O)c1ccc(N2CC(F)(F)C2)c(OCC2CC2)n1. The van der Waals surface area contributed by atoms with Crippen LogP contribution in [0.5, 0.6) is 5.88 Å². The Morgan fingerprint density at radius 1 is 1.07 bits per heavy atom. The average molecular weight is 578 g/mol. The van der Waals surface area contributed by atoms with E-state index in [4.69, 9.17) is 14.3 Å². The fraction of sp³-hybridized carbons (Fsp3) is 0.733. The second-order valence-electron chi connectivity index (χ2n) is 11.7. The van der Waals surface area contributed by atoms with Gasteiger partial charge in [0.25, 0.3) is 5.92 Å². The van der Waals surface area contributed by atoms with Gasteiger partial charge in [0, 0.05) is 13.0 Å². The van der Waals surface area contributed by atoms with Crippen LogP contribution >= 0.6 is 0 Å². The molecule has 2 aromatic rings. The lowest BCUT2D eigenvalue weighted by Gasteiger charge is -2.40. The Labute approximate surface area is 241 Å². The molecule has 0 radical (unpaired) electrons. The Morgan fingerprint density at radius 3 is 2.32 bits per heavy atom. The number of rotatable bonds is 17. The summed E-state index contributed by atoms with van der Waals surface area (Å²) in [5.41, 5.74) is 0.286. The van der Waals surface area contributed by atoms with Gasteiger partial charge in [-0.15, -0.1) is 10.2 Å². The van der Waals surface area contributed by atoms with Gasteiger partial charge in [0.05, 0.1) is 26.2 Å². The van der Waals surface area contributed by atoms with E-state index in [2.05, 4.69) is 27.0 Å². The number of unbranched alkanes of at least 4 members (excludes halogenated alkanes) is 7. The summed E-state index contributed by atoms with van der Waals surface area (Å²) in [6, 6.07) is 3.55. The maximum atomic E-state index is 12.9. The highest BCUT2D eigenvalue weighted by molar-refractivity contribution is 5.86. The number of alkyl halides is 2. The minimum atomic E-state index is -2.70. The Hall–Kier alpha value is -2.82. The maximum Gasteiger partial charge on any atom is 0.354 e. The van der Waals surface area contributed by atoms with Gasteiger partial charge in [-0.1, -0.05) is 51.9 Å². The number of carbonyl (C=O) groups is 1. The first-order chi connectivity index (χ1) is 19.7. The fourth-order valence-electron chi connectivity index (χ4n) is 4.92. The van der Waals surface area contributed by atoms with Crippen LogP contribution in [0.4, 0.5) is 14.5 Å². The molecule has 1 N–H and O–H groups in total. The lowest BCUT2D eigenvalue weighted by Crippen LogP contribution is -2.56. The van der Waals surface area contributed by atoms with Crippen LogP contribution in [0.15, 0.2) is 16.5 Å². The maximum absolute atomic E-state index is 12.9. The van der Waals surface area contributed by atoms with Gasteiger partial charge < -0.3 is 19.2 Å². The normalized spacial score (nSPS) is 17.6. The molecule has 2 aliphatic carbocycles. The molecule has 3 aliphatic rings. The number of pyridine rings is 1. The van der Waals surface area contributed by atoms with E-state index in [9.17, 15) is 13.6 Å². The lowest BCUT2D eigenvalue weighted by atomic mass is 10.1. The summed E-state index contributed by atoms with van der Waals surface area (Å²) in [7, 11) is 0. The Bertz CT molecular complexity index is 1100. The van der Waals surface area contributed by atoms with Crippen LogP contribution in [-0.4, -0.2) is 69.4 Å². The molecule has 0 spiro atoms. The van der Waals surface area contributed by atoms with Crippen molar-refractivity contribution in [3.63, 3.8) is 0 Å². The number of halogens is 2. The summed E-state index contributed by atoms with van der Waals surface area (Å²) in [5, 5.41) is 17.0. The molecule has 2 saturated carbocycles. The van der Waals surface area contributed by atoms with Crippen molar-refractivity contribution in [3.8, 4) is 5.88 Å². The Balaban J connectivity index is 0.000000189. The molecule has 0 bridgehead atoms. The van der Waals surface area contributed by atoms with E-state index in [0.29, 0.717) is 24.1 Å². The third-order valence-electron chi connectivity index (χ3n) is 7.67. The molecule has 1 saturated heterocycles. The van der Waals surface area contributed by atoms with E-state index in [1.165, 1.54) is 87.8 Å². The number of hydrogen-bond acceptors (Lipinski definition) is 8. The monoisotopic (exact) mass is 577 g/mol. The van der Waals surface area contributed by atoms with Crippen molar-refractivity contribution >= 4 is 11.7 Å². The van der Waals surface area contributed by atoms with E-state index in [0.717, 1.165) is 31.3 Å². The van der Waals surface area contributed by atoms with Gasteiger partial charge in [-0.05, 0) is 56.7 Å². The first kappa shape index (κ1) is 31.1. The molecule has 228 valence electrons. The minimum absolute atomic E-state index is 0.132. The van der Waals surface area contributed by atoms with Gasteiger partial charge >= 0.3 is 5.97 Å². The lowest BCUT2D eigenvalue weighted by molar-refractivity contribution is -0.0265. The predicted octanol–water partition coefficient (Wildman–Crippen LogP) is 6.51. The van der Waals surface area contributed by atoms with Crippen LogP contribution in [0, 0.1) is 12.8 Å². The van der Waals surface area contributed by atoms with Gasteiger partial charge in [0.1, 0.15) is 5.69 Å². The van der Waals surface area contributed by atoms with Gasteiger partial charge in [-0.2, -0.15) is 0 Å². The van der Waals surface area contributed by atoms with E-state index in [1.54, 1.807) is 0 Å². The Morgan fingerprint density at radius 2 is 1.76 bits per heavy atom. The molecular formula is C30H45F2N5O4. The van der Waals surface area contributed by atoms with Crippen molar-refractivity contribution in [2.24, 2.45) is 5.92 Å². The molecule has 3 heterocycles. The van der Waals surface area contributed by atoms with Crippen LogP contribution in [0.1, 0.15) is 106 Å². The number of carboxylic acids is 1. The topological polar surface area (TPSA) is 105 Å². The van der Waals surface area contributed by atoms with Crippen LogP contribution in [0.2, 0.25) is 0 Å². The molecule has 0 amide bonds. The van der Waals surface area contributed by atoms with E-state index in [1.807, 2.05) is 6.92 Å². The number of anilines is 1. The smallest absolute Gasteiger partial charge is 0.354 e. The van der Waals surface area contributed by atoms with Gasteiger partial charge in [-0.3, -0.25) is 4.90 Å². The van der Waals surface area contributed by atoms with Crippen molar-refractivity contribution in [1.29, 1.82) is 0 Å². The summed E-state index contributed by atoms with van der Waals surface area (Å²) >= 11 is 0. The zero-order valence-electron chi connectivity index (χ0n) is 24.5. The average Bonchev–Trinajstić information content (AvgIpc) is 3.86. The zero-order chi connectivity index (χ0) is 29.2. The summed E-state index contributed by atoms with van der Waals surface area (Å²) in [6.07, 6.45) is 15.9. The number of aryl methyl sites for hydroxylation is 1. The predicted molar refractivity (Wildman–Crippen MR) is 152 cm³/mol. The first-order valence-electron chi connectivity index (χ1n) is 15.3. The quantitative estimate of drug-likeness (QED) is 0.211. The fourth-order valence-corrected chi connectivity index (χ4v) is 4.92. The molecular weight excluding hydrogens is 532 g/mol. The zero-order valence-corrected chi connectivity index (χ0v) is 24.5. The second-order valence-corrected chi connectivity index (χ2v) is 11.7. The van der Waals surface area contributed by atoms with E-state index < -0.39 is 11.9 Å². The highest BCUT2D eigenvalue weighted by Gasteiger charge is 2.45. The highest BCUT2D eigenvalue weighted by Crippen LogP contribution is 2.38. The largest absolute Gasteiger partial charge is 0.477 e. The highest BCUT2D eigenvalue weighted by atomic mass is 19.3. The number of ether oxygens (including phenoxy) is 1. The second kappa shape index (κ2) is 14.9. The van der Waals surface area contributed by atoms with Crippen molar-refractivity contribution in [2.75, 3.05) is 31.1 Å². The molecule has 41 heavy (non-hydrogen) atoms. The number of carboxylic acid groups (broad SMARTS) is 1. The number of aromatic carboxylic acids is 1. The van der Waals surface area contributed by atoms with E-state index in [-0.39, 0.29) is 24.7 Å². The molecule has 1 aliphatic heterocycles. The van der Waals surface area contributed by atoms with Crippen molar-refractivity contribution in [2.45, 2.75) is 109 Å². The molecule has 0 atom stereocenters. The molecule has 11 heteroatoms. The van der Waals surface area contributed by atoms with Gasteiger partial charge in [0.2, 0.25) is 17.7 Å². The summed E-state index contributed by atoms with van der Waals surface area (Å²) in [6.45, 7) is 5.83.